The average Bonchev–Trinajstić information content (AvgIpc) is 2.76. The van der Waals surface area contributed by atoms with E-state index in [1.807, 2.05) is 18.2 Å². The Labute approximate surface area is 168 Å². The molecule has 0 radical (unpaired) electrons. The monoisotopic (exact) mass is 392 g/mol. The van der Waals surface area contributed by atoms with Crippen LogP contribution in [0.4, 0.5) is 11.4 Å². The van der Waals surface area contributed by atoms with E-state index in [-0.39, 0.29) is 11.7 Å². The molecule has 1 aliphatic carbocycles. The highest BCUT2D eigenvalue weighted by Gasteiger charge is 2.21. The summed E-state index contributed by atoms with van der Waals surface area (Å²) in [5, 5.41) is 7.05. The summed E-state index contributed by atoms with van der Waals surface area (Å²) in [6, 6.07) is 14.4. The van der Waals surface area contributed by atoms with Crippen LogP contribution in [0.2, 0.25) is 0 Å². The van der Waals surface area contributed by atoms with E-state index in [9.17, 15) is 9.59 Å². The van der Waals surface area contributed by atoms with Crippen LogP contribution in [0.3, 0.4) is 0 Å². The highest BCUT2D eigenvalue weighted by molar-refractivity contribution is 6.08. The number of ether oxygens (including phenoxy) is 1. The smallest absolute Gasteiger partial charge is 0.362 e. The first-order valence-corrected chi connectivity index (χ1v) is 9.93. The molecule has 0 spiro atoms. The zero-order chi connectivity index (χ0) is 20.2. The van der Waals surface area contributed by atoms with Gasteiger partial charge in [-0.05, 0) is 43.2 Å². The molecule has 1 fully saturated rings. The van der Waals surface area contributed by atoms with Gasteiger partial charge >= 0.3 is 5.63 Å². The molecule has 1 amide bonds. The lowest BCUT2D eigenvalue weighted by Crippen LogP contribution is -2.26. The number of carbonyl (C=O) groups is 1. The summed E-state index contributed by atoms with van der Waals surface area (Å²) in [6.45, 7) is 0. The topological polar surface area (TPSA) is 80.6 Å². The molecule has 2 aromatic carbocycles. The van der Waals surface area contributed by atoms with Crippen LogP contribution in [0.5, 0.6) is 5.75 Å². The molecule has 1 aliphatic rings. The van der Waals surface area contributed by atoms with Crippen LogP contribution in [0.25, 0.3) is 11.0 Å². The number of amides is 1. The van der Waals surface area contributed by atoms with Crippen LogP contribution in [0, 0.1) is 0 Å². The van der Waals surface area contributed by atoms with E-state index in [1.165, 1.54) is 6.42 Å². The molecule has 1 saturated carbocycles. The third-order valence-corrected chi connectivity index (χ3v) is 5.34. The molecule has 0 aliphatic heterocycles. The van der Waals surface area contributed by atoms with Gasteiger partial charge in [-0.1, -0.05) is 37.5 Å². The fourth-order valence-electron chi connectivity index (χ4n) is 3.81. The van der Waals surface area contributed by atoms with Gasteiger partial charge in [-0.15, -0.1) is 0 Å². The molecule has 6 nitrogen and oxygen atoms in total. The van der Waals surface area contributed by atoms with Crippen molar-refractivity contribution < 1.29 is 13.9 Å². The summed E-state index contributed by atoms with van der Waals surface area (Å²) >= 11 is 0. The van der Waals surface area contributed by atoms with Gasteiger partial charge in [0.05, 0.1) is 12.8 Å². The minimum absolute atomic E-state index is 0.141. The van der Waals surface area contributed by atoms with Gasteiger partial charge in [-0.2, -0.15) is 0 Å². The maximum Gasteiger partial charge on any atom is 0.362 e. The van der Waals surface area contributed by atoms with Crippen LogP contribution < -0.4 is 21.0 Å². The van der Waals surface area contributed by atoms with Crippen molar-refractivity contribution in [2.75, 3.05) is 17.7 Å². The van der Waals surface area contributed by atoms with Crippen molar-refractivity contribution in [2.45, 2.75) is 38.1 Å². The summed E-state index contributed by atoms with van der Waals surface area (Å²) in [7, 11) is 1.54. The van der Waals surface area contributed by atoms with Crippen LogP contribution >= 0.6 is 0 Å². The Balaban J connectivity index is 1.73. The lowest BCUT2D eigenvalue weighted by Gasteiger charge is -2.25. The Morgan fingerprint density at radius 3 is 2.62 bits per heavy atom. The quantitative estimate of drug-likeness (QED) is 0.610. The maximum atomic E-state index is 12.8. The highest BCUT2D eigenvalue weighted by Crippen LogP contribution is 2.32. The Kier molecular flexibility index (Phi) is 5.51. The van der Waals surface area contributed by atoms with Crippen molar-refractivity contribution in [1.82, 2.24) is 0 Å². The number of fused-ring (bicyclic) bond motifs is 1. The summed E-state index contributed by atoms with van der Waals surface area (Å²) in [6.07, 6.45) is 5.62. The average molecular weight is 392 g/mol. The number of nitrogens with one attached hydrogen (secondary N) is 2. The van der Waals surface area contributed by atoms with Crippen LogP contribution in [0.15, 0.2) is 57.7 Å². The molecular weight excluding hydrogens is 368 g/mol. The molecule has 0 saturated heterocycles. The first-order valence-electron chi connectivity index (χ1n) is 9.93. The fraction of sp³-hybridized carbons (Fsp3) is 0.304. The van der Waals surface area contributed by atoms with Gasteiger partial charge in [0.1, 0.15) is 11.3 Å². The Bertz CT molecular complexity index is 1080. The summed E-state index contributed by atoms with van der Waals surface area (Å²) in [4.78, 5) is 25.6. The number of hydrogen-bond donors (Lipinski definition) is 2. The second-order valence-corrected chi connectivity index (χ2v) is 7.30. The number of rotatable bonds is 5. The molecule has 6 heteroatoms. The zero-order valence-corrected chi connectivity index (χ0v) is 16.4. The first kappa shape index (κ1) is 19.1. The molecule has 3 aromatic rings. The fourth-order valence-corrected chi connectivity index (χ4v) is 3.81. The lowest BCUT2D eigenvalue weighted by molar-refractivity contribution is 0.102. The molecule has 2 N–H and O–H groups in total. The van der Waals surface area contributed by atoms with Crippen molar-refractivity contribution in [3.8, 4) is 5.75 Å². The van der Waals surface area contributed by atoms with Gasteiger partial charge < -0.3 is 19.8 Å². The zero-order valence-electron chi connectivity index (χ0n) is 16.4. The van der Waals surface area contributed by atoms with Crippen molar-refractivity contribution in [3.63, 3.8) is 0 Å². The largest absolute Gasteiger partial charge is 0.497 e. The normalized spacial score (nSPS) is 14.5. The SMILES string of the molecule is COc1cccc(C(=O)Nc2c(NC3CCCCC3)c3ccccc3oc2=O)c1. The molecule has 1 aromatic heterocycles. The summed E-state index contributed by atoms with van der Waals surface area (Å²) in [5.74, 6) is 0.182. The van der Waals surface area contributed by atoms with Crippen molar-refractivity contribution in [1.29, 1.82) is 0 Å². The van der Waals surface area contributed by atoms with Crippen molar-refractivity contribution >= 4 is 28.3 Å². The molecular formula is C23H24N2O4. The second-order valence-electron chi connectivity index (χ2n) is 7.30. The van der Waals surface area contributed by atoms with E-state index in [0.717, 1.165) is 31.1 Å². The van der Waals surface area contributed by atoms with E-state index in [4.69, 9.17) is 9.15 Å². The molecule has 0 atom stereocenters. The predicted molar refractivity (Wildman–Crippen MR) is 114 cm³/mol. The van der Waals surface area contributed by atoms with Crippen LogP contribution in [-0.4, -0.2) is 19.1 Å². The Morgan fingerprint density at radius 2 is 1.83 bits per heavy atom. The van der Waals surface area contributed by atoms with Gasteiger partial charge in [0.2, 0.25) is 0 Å². The number of hydrogen-bond acceptors (Lipinski definition) is 5. The molecule has 0 unspecified atom stereocenters. The molecule has 1 heterocycles. The third-order valence-electron chi connectivity index (χ3n) is 5.34. The highest BCUT2D eigenvalue weighted by atomic mass is 16.5. The van der Waals surface area contributed by atoms with Gasteiger partial charge in [0, 0.05) is 17.0 Å². The molecule has 29 heavy (non-hydrogen) atoms. The van der Waals surface area contributed by atoms with Gasteiger partial charge in [-0.3, -0.25) is 4.79 Å². The minimum Gasteiger partial charge on any atom is -0.497 e. The number of benzene rings is 2. The van der Waals surface area contributed by atoms with Crippen LogP contribution in [0.1, 0.15) is 42.5 Å². The number of para-hydroxylation sites is 1. The van der Waals surface area contributed by atoms with Crippen LogP contribution in [-0.2, 0) is 0 Å². The van der Waals surface area contributed by atoms with Crippen molar-refractivity contribution in [2.24, 2.45) is 0 Å². The molecule has 4 rings (SSSR count). The first-order chi connectivity index (χ1) is 14.2. The maximum absolute atomic E-state index is 12.8. The Hall–Kier alpha value is -3.28. The third kappa shape index (κ3) is 4.11. The minimum atomic E-state index is -0.571. The summed E-state index contributed by atoms with van der Waals surface area (Å²) in [5.41, 5.74) is 1.09. The van der Waals surface area contributed by atoms with E-state index >= 15 is 0 Å². The molecule has 150 valence electrons. The standard InChI is InChI=1S/C23H24N2O4/c1-28-17-11-7-8-15(14-17)22(26)25-21-20(24-16-9-3-2-4-10-16)18-12-5-6-13-19(18)29-23(21)27/h5-8,11-14,16,24H,2-4,9-10H2,1H3,(H,25,26). The molecule has 0 bridgehead atoms. The van der Waals surface area contributed by atoms with E-state index in [0.29, 0.717) is 22.6 Å². The lowest BCUT2D eigenvalue weighted by atomic mass is 9.95. The van der Waals surface area contributed by atoms with E-state index < -0.39 is 11.5 Å². The summed E-state index contributed by atoms with van der Waals surface area (Å²) < 4.78 is 10.7. The van der Waals surface area contributed by atoms with E-state index in [1.54, 1.807) is 37.4 Å². The Morgan fingerprint density at radius 1 is 1.03 bits per heavy atom. The van der Waals surface area contributed by atoms with Gasteiger partial charge in [0.25, 0.3) is 5.91 Å². The van der Waals surface area contributed by atoms with Crippen molar-refractivity contribution in [3.05, 3.63) is 64.5 Å². The second kappa shape index (κ2) is 8.39. The predicted octanol–water partition coefficient (Wildman–Crippen LogP) is 4.80. The number of anilines is 2. The number of methoxy groups -OCH3 is 1. The van der Waals surface area contributed by atoms with Gasteiger partial charge in [-0.25, -0.2) is 4.79 Å². The van der Waals surface area contributed by atoms with E-state index in [2.05, 4.69) is 10.6 Å². The number of carbonyl (C=O) groups excluding carboxylic acids is 1. The van der Waals surface area contributed by atoms with Gasteiger partial charge in [0.15, 0.2) is 5.69 Å².